The van der Waals surface area contributed by atoms with Gasteiger partial charge in [-0.3, -0.25) is 4.79 Å². The molecule has 0 bridgehead atoms. The van der Waals surface area contributed by atoms with E-state index >= 15 is 0 Å². The molecule has 0 radical (unpaired) electrons. The Morgan fingerprint density at radius 1 is 1.50 bits per heavy atom. The average Bonchev–Trinajstić information content (AvgIpc) is 2.28. The molecule has 0 saturated carbocycles. The summed E-state index contributed by atoms with van der Waals surface area (Å²) in [6, 6.07) is 4.44. The van der Waals surface area contributed by atoms with Gasteiger partial charge in [-0.1, -0.05) is 38.8 Å². The summed E-state index contributed by atoms with van der Waals surface area (Å²) >= 11 is 6.53. The molecule has 0 heterocycles. The zero-order chi connectivity index (χ0) is 13.8. The number of hydrogen-bond acceptors (Lipinski definition) is 1. The van der Waals surface area contributed by atoms with E-state index in [0.29, 0.717) is 4.47 Å². The van der Waals surface area contributed by atoms with Gasteiger partial charge in [0.2, 0.25) is 0 Å². The Labute approximate surface area is 124 Å². The summed E-state index contributed by atoms with van der Waals surface area (Å²) in [5.74, 6) is -0.885. The highest BCUT2D eigenvalue weighted by molar-refractivity contribution is 9.10. The minimum atomic E-state index is -0.515. The Hall–Kier alpha value is -0.420. The summed E-state index contributed by atoms with van der Waals surface area (Å²) in [5, 5.41) is 3.69. The number of carbonyl (C=O) groups excluding carboxylic acids is 1. The number of amides is 1. The molecular formula is C13H16Br2FNO. The van der Waals surface area contributed by atoms with Crippen molar-refractivity contribution in [3.05, 3.63) is 34.1 Å². The van der Waals surface area contributed by atoms with E-state index in [4.69, 9.17) is 0 Å². The van der Waals surface area contributed by atoms with Crippen LogP contribution in [-0.4, -0.2) is 16.8 Å². The third kappa shape index (κ3) is 4.05. The first kappa shape index (κ1) is 15.6. The van der Waals surface area contributed by atoms with Crippen LogP contribution in [0.3, 0.4) is 0 Å². The summed E-state index contributed by atoms with van der Waals surface area (Å²) in [6.45, 7) is 3.96. The zero-order valence-corrected chi connectivity index (χ0v) is 13.6. The van der Waals surface area contributed by atoms with Gasteiger partial charge in [0.05, 0.1) is 5.56 Å². The normalized spacial score (nSPS) is 14.1. The predicted octanol–water partition coefficient (Wildman–Crippen LogP) is 4.27. The van der Waals surface area contributed by atoms with Gasteiger partial charge in [-0.05, 0) is 38.0 Å². The molecule has 2 nitrogen and oxygen atoms in total. The molecule has 1 N–H and O–H groups in total. The molecule has 0 aliphatic carbocycles. The van der Waals surface area contributed by atoms with Gasteiger partial charge >= 0.3 is 0 Å². The highest BCUT2D eigenvalue weighted by Crippen LogP contribution is 2.19. The van der Waals surface area contributed by atoms with Gasteiger partial charge in [0.1, 0.15) is 5.82 Å². The Balaban J connectivity index is 2.87. The van der Waals surface area contributed by atoms with Crippen molar-refractivity contribution in [2.24, 2.45) is 0 Å². The van der Waals surface area contributed by atoms with Crippen LogP contribution < -0.4 is 5.32 Å². The molecule has 1 unspecified atom stereocenters. The quantitative estimate of drug-likeness (QED) is 0.759. The molecule has 5 heteroatoms. The van der Waals surface area contributed by atoms with Crippen LogP contribution in [-0.2, 0) is 0 Å². The highest BCUT2D eigenvalue weighted by atomic mass is 79.9. The van der Waals surface area contributed by atoms with E-state index in [-0.39, 0.29) is 17.0 Å². The van der Waals surface area contributed by atoms with Gasteiger partial charge in [-0.25, -0.2) is 4.39 Å². The Bertz CT molecular complexity index is 439. The minimum absolute atomic E-state index is 0.0763. The standard InChI is InChI=1S/C13H16Br2FNO/c1-3-13(2,6-7-14)17-12(18)10-5-4-9(15)8-11(10)16/h4-5,8H,3,6-7H2,1-2H3,(H,17,18). The molecule has 18 heavy (non-hydrogen) atoms. The van der Waals surface area contributed by atoms with Crippen LogP contribution in [0.25, 0.3) is 0 Å². The summed E-state index contributed by atoms with van der Waals surface area (Å²) < 4.78 is 14.3. The van der Waals surface area contributed by atoms with Gasteiger partial charge in [-0.2, -0.15) is 0 Å². The van der Waals surface area contributed by atoms with E-state index in [1.54, 1.807) is 6.07 Å². The Morgan fingerprint density at radius 3 is 2.67 bits per heavy atom. The number of halogens is 3. The average molecular weight is 381 g/mol. The van der Waals surface area contributed by atoms with E-state index in [9.17, 15) is 9.18 Å². The Kier molecular flexibility index (Phi) is 5.79. The van der Waals surface area contributed by atoms with Crippen molar-refractivity contribution in [2.75, 3.05) is 5.33 Å². The molecule has 0 fully saturated rings. The lowest BCUT2D eigenvalue weighted by Gasteiger charge is -2.29. The molecule has 0 spiro atoms. The number of nitrogens with one attached hydrogen (secondary N) is 1. The van der Waals surface area contributed by atoms with Crippen molar-refractivity contribution in [2.45, 2.75) is 32.2 Å². The third-order valence-electron chi connectivity index (χ3n) is 3.02. The number of benzene rings is 1. The SMILES string of the molecule is CCC(C)(CCBr)NC(=O)c1ccc(Br)cc1F. The molecular weight excluding hydrogens is 365 g/mol. The first-order valence-electron chi connectivity index (χ1n) is 5.75. The van der Waals surface area contributed by atoms with Crippen LogP contribution in [0.5, 0.6) is 0 Å². The summed E-state index contributed by atoms with van der Waals surface area (Å²) in [4.78, 5) is 12.0. The van der Waals surface area contributed by atoms with Crippen molar-refractivity contribution in [3.8, 4) is 0 Å². The second-order valence-electron chi connectivity index (χ2n) is 4.43. The largest absolute Gasteiger partial charge is 0.347 e. The molecule has 1 aromatic rings. The lowest BCUT2D eigenvalue weighted by molar-refractivity contribution is 0.0897. The van der Waals surface area contributed by atoms with Crippen LogP contribution >= 0.6 is 31.9 Å². The van der Waals surface area contributed by atoms with E-state index in [2.05, 4.69) is 37.2 Å². The number of carbonyl (C=O) groups is 1. The monoisotopic (exact) mass is 379 g/mol. The second kappa shape index (κ2) is 6.66. The molecule has 0 aliphatic heterocycles. The molecule has 100 valence electrons. The third-order valence-corrected chi connectivity index (χ3v) is 3.91. The van der Waals surface area contributed by atoms with Crippen LogP contribution in [0.1, 0.15) is 37.0 Å². The fourth-order valence-electron chi connectivity index (χ4n) is 1.55. The fourth-order valence-corrected chi connectivity index (χ4v) is 2.76. The predicted molar refractivity (Wildman–Crippen MR) is 78.7 cm³/mol. The molecule has 0 aromatic heterocycles. The maximum Gasteiger partial charge on any atom is 0.254 e. The molecule has 1 aromatic carbocycles. The molecule has 1 amide bonds. The molecule has 0 saturated heterocycles. The van der Waals surface area contributed by atoms with Crippen molar-refractivity contribution in [3.63, 3.8) is 0 Å². The lowest BCUT2D eigenvalue weighted by atomic mass is 9.95. The maximum atomic E-state index is 13.7. The van der Waals surface area contributed by atoms with Crippen LogP contribution in [0.4, 0.5) is 4.39 Å². The van der Waals surface area contributed by atoms with Gasteiger partial charge in [0, 0.05) is 15.3 Å². The first-order chi connectivity index (χ1) is 8.41. The van der Waals surface area contributed by atoms with Crippen molar-refractivity contribution < 1.29 is 9.18 Å². The summed E-state index contributed by atoms with van der Waals surface area (Å²) in [5.41, 5.74) is -0.243. The van der Waals surface area contributed by atoms with Crippen LogP contribution in [0, 0.1) is 5.82 Å². The second-order valence-corrected chi connectivity index (χ2v) is 6.14. The lowest BCUT2D eigenvalue weighted by Crippen LogP contribution is -2.46. The number of hydrogen-bond donors (Lipinski definition) is 1. The van der Waals surface area contributed by atoms with Gasteiger partial charge in [-0.15, -0.1) is 0 Å². The zero-order valence-electron chi connectivity index (χ0n) is 10.4. The Morgan fingerprint density at radius 2 is 2.17 bits per heavy atom. The molecule has 0 aliphatic rings. The summed E-state index contributed by atoms with van der Waals surface area (Å²) in [6.07, 6.45) is 1.59. The van der Waals surface area contributed by atoms with E-state index < -0.39 is 5.82 Å². The van der Waals surface area contributed by atoms with Gasteiger partial charge < -0.3 is 5.32 Å². The molecule has 1 rings (SSSR count). The topological polar surface area (TPSA) is 29.1 Å². The number of rotatable bonds is 5. The van der Waals surface area contributed by atoms with Crippen molar-refractivity contribution in [1.82, 2.24) is 5.32 Å². The maximum absolute atomic E-state index is 13.7. The van der Waals surface area contributed by atoms with Crippen LogP contribution in [0.15, 0.2) is 22.7 Å². The number of alkyl halides is 1. The highest BCUT2D eigenvalue weighted by Gasteiger charge is 2.25. The van der Waals surface area contributed by atoms with E-state index in [1.807, 2.05) is 13.8 Å². The smallest absolute Gasteiger partial charge is 0.254 e. The van der Waals surface area contributed by atoms with Gasteiger partial charge in [0.15, 0.2) is 0 Å². The van der Waals surface area contributed by atoms with Crippen LogP contribution in [0.2, 0.25) is 0 Å². The van der Waals surface area contributed by atoms with E-state index in [0.717, 1.165) is 18.2 Å². The minimum Gasteiger partial charge on any atom is -0.347 e. The van der Waals surface area contributed by atoms with Crippen molar-refractivity contribution >= 4 is 37.8 Å². The van der Waals surface area contributed by atoms with E-state index in [1.165, 1.54) is 12.1 Å². The van der Waals surface area contributed by atoms with Gasteiger partial charge in [0.25, 0.3) is 5.91 Å². The molecule has 1 atom stereocenters. The summed E-state index contributed by atoms with van der Waals surface area (Å²) in [7, 11) is 0. The first-order valence-corrected chi connectivity index (χ1v) is 7.67. The van der Waals surface area contributed by atoms with Crippen molar-refractivity contribution in [1.29, 1.82) is 0 Å². The fraction of sp³-hybridized carbons (Fsp3) is 0.462.